The Morgan fingerprint density at radius 2 is 1.90 bits per heavy atom. The molecule has 150 valence electrons. The van der Waals surface area contributed by atoms with E-state index >= 15 is 0 Å². The molecule has 0 aromatic heterocycles. The van der Waals surface area contributed by atoms with Crippen molar-refractivity contribution >= 4 is 34.6 Å². The molecule has 1 saturated heterocycles. The second-order valence-electron chi connectivity index (χ2n) is 7.14. The van der Waals surface area contributed by atoms with Crippen molar-refractivity contribution in [1.82, 2.24) is 0 Å². The number of hydrogen-bond acceptors (Lipinski definition) is 5. The van der Waals surface area contributed by atoms with Crippen LogP contribution in [-0.2, 0) is 11.2 Å². The molecule has 2 aliphatic heterocycles. The van der Waals surface area contributed by atoms with E-state index in [9.17, 15) is 4.79 Å². The minimum absolute atomic E-state index is 0.0508. The van der Waals surface area contributed by atoms with E-state index in [1.807, 2.05) is 56.3 Å². The average Bonchev–Trinajstić information content (AvgIpc) is 3.01. The number of anilines is 1. The molecule has 4 rings (SSSR count). The number of para-hydroxylation sites is 1. The van der Waals surface area contributed by atoms with Gasteiger partial charge < -0.3 is 9.47 Å². The molecule has 0 unspecified atom stereocenters. The molecule has 0 spiro atoms. The molecular weight excluding hydrogens is 384 g/mol. The maximum Gasteiger partial charge on any atom is 0.271 e. The van der Waals surface area contributed by atoms with Crippen LogP contribution >= 0.6 is 11.8 Å². The molecule has 5 nitrogen and oxygen atoms in total. The Labute approximate surface area is 175 Å². The molecule has 2 aromatic carbocycles. The third-order valence-corrected chi connectivity index (χ3v) is 5.64. The highest BCUT2D eigenvalue weighted by Gasteiger charge is 2.35. The Balaban J connectivity index is 1.73. The number of carbonyl (C=O) groups excluding carboxylic acids is 1. The van der Waals surface area contributed by atoms with Gasteiger partial charge in [0.05, 0.1) is 10.6 Å². The van der Waals surface area contributed by atoms with Crippen molar-refractivity contribution < 1.29 is 14.3 Å². The molecule has 29 heavy (non-hydrogen) atoms. The Bertz CT molecular complexity index is 997. The zero-order valence-electron chi connectivity index (χ0n) is 16.8. The Morgan fingerprint density at radius 3 is 2.66 bits per heavy atom. The van der Waals surface area contributed by atoms with Crippen LogP contribution in [0, 0.1) is 0 Å². The molecule has 0 saturated carbocycles. The lowest BCUT2D eigenvalue weighted by Gasteiger charge is -2.19. The van der Waals surface area contributed by atoms with Gasteiger partial charge in [-0.25, -0.2) is 0 Å². The number of rotatable bonds is 4. The number of nitrogens with zero attached hydrogens (tertiary/aromatic N) is 2. The SMILES string of the molecule is CCc1ccccc1N1C(=O)/C(=C/c2ccc3c(c2)OCCO3)SC1=NC(C)C. The second-order valence-corrected chi connectivity index (χ2v) is 8.15. The van der Waals surface area contributed by atoms with E-state index in [1.165, 1.54) is 11.8 Å². The maximum atomic E-state index is 13.4. The van der Waals surface area contributed by atoms with Crippen LogP contribution in [0.4, 0.5) is 5.69 Å². The summed E-state index contributed by atoms with van der Waals surface area (Å²) in [4.78, 5) is 20.5. The highest BCUT2D eigenvalue weighted by atomic mass is 32.2. The fraction of sp³-hybridized carbons (Fsp3) is 0.304. The third kappa shape index (κ3) is 4.03. The molecule has 0 atom stereocenters. The van der Waals surface area contributed by atoms with Crippen LogP contribution in [0.25, 0.3) is 6.08 Å². The number of hydrogen-bond donors (Lipinski definition) is 0. The number of amidine groups is 1. The van der Waals surface area contributed by atoms with Gasteiger partial charge in [0.15, 0.2) is 16.7 Å². The van der Waals surface area contributed by atoms with Gasteiger partial charge in [-0.05, 0) is 67.4 Å². The molecule has 6 heteroatoms. The van der Waals surface area contributed by atoms with Crippen LogP contribution in [0.2, 0.25) is 0 Å². The van der Waals surface area contributed by atoms with Crippen molar-refractivity contribution in [3.63, 3.8) is 0 Å². The second kappa shape index (κ2) is 8.33. The molecule has 0 bridgehead atoms. The van der Waals surface area contributed by atoms with E-state index in [1.54, 1.807) is 4.90 Å². The van der Waals surface area contributed by atoms with Gasteiger partial charge in [-0.3, -0.25) is 14.7 Å². The van der Waals surface area contributed by atoms with Crippen LogP contribution in [-0.4, -0.2) is 30.3 Å². The number of ether oxygens (including phenoxy) is 2. The number of aliphatic imine (C=N–C) groups is 1. The fourth-order valence-electron chi connectivity index (χ4n) is 3.32. The summed E-state index contributed by atoms with van der Waals surface area (Å²) in [6.07, 6.45) is 2.75. The van der Waals surface area contributed by atoms with Gasteiger partial charge in [0, 0.05) is 6.04 Å². The smallest absolute Gasteiger partial charge is 0.271 e. The van der Waals surface area contributed by atoms with Crippen molar-refractivity contribution in [1.29, 1.82) is 0 Å². The number of aryl methyl sites for hydroxylation is 1. The summed E-state index contributed by atoms with van der Waals surface area (Å²) in [5.41, 5.74) is 2.93. The third-order valence-electron chi connectivity index (χ3n) is 4.65. The summed E-state index contributed by atoms with van der Waals surface area (Å²) in [6, 6.07) is 13.8. The van der Waals surface area contributed by atoms with Crippen molar-refractivity contribution in [2.24, 2.45) is 4.99 Å². The van der Waals surface area contributed by atoms with E-state index < -0.39 is 0 Å². The van der Waals surface area contributed by atoms with E-state index in [0.717, 1.165) is 34.2 Å². The molecular formula is C23H24N2O3S. The first-order chi connectivity index (χ1) is 14.1. The summed E-state index contributed by atoms with van der Waals surface area (Å²) < 4.78 is 11.3. The number of carbonyl (C=O) groups is 1. The quantitative estimate of drug-likeness (QED) is 0.675. The molecule has 0 N–H and O–H groups in total. The number of thioether (sulfide) groups is 1. The van der Waals surface area contributed by atoms with Crippen LogP contribution < -0.4 is 14.4 Å². The standard InChI is InChI=1S/C23H24N2O3S/c1-4-17-7-5-6-8-18(17)25-22(26)21(29-23(25)24-15(2)3)14-16-9-10-19-20(13-16)28-12-11-27-19/h5-10,13-15H,4,11-12H2,1-3H3/b21-14-,24-23?. The monoisotopic (exact) mass is 408 g/mol. The average molecular weight is 409 g/mol. The first kappa shape index (κ1) is 19.6. The highest BCUT2D eigenvalue weighted by Crippen LogP contribution is 2.39. The predicted octanol–water partition coefficient (Wildman–Crippen LogP) is 4.91. The van der Waals surface area contributed by atoms with Crippen molar-refractivity contribution in [2.45, 2.75) is 33.2 Å². The van der Waals surface area contributed by atoms with Crippen LogP contribution in [0.1, 0.15) is 31.9 Å². The Kier molecular flexibility index (Phi) is 5.62. The molecule has 2 aliphatic rings. The van der Waals surface area contributed by atoms with E-state index in [0.29, 0.717) is 23.9 Å². The van der Waals surface area contributed by atoms with Crippen molar-refractivity contribution in [2.75, 3.05) is 18.1 Å². The summed E-state index contributed by atoms with van der Waals surface area (Å²) in [6.45, 7) is 7.22. The molecule has 1 amide bonds. The summed E-state index contributed by atoms with van der Waals surface area (Å²) in [5.74, 6) is 1.40. The van der Waals surface area contributed by atoms with Gasteiger partial charge in [0.2, 0.25) is 0 Å². The van der Waals surface area contributed by atoms with E-state index in [2.05, 4.69) is 13.0 Å². The fourth-order valence-corrected chi connectivity index (χ4v) is 4.43. The molecule has 1 fully saturated rings. The maximum absolute atomic E-state index is 13.4. The number of amides is 1. The van der Waals surface area contributed by atoms with E-state index in [-0.39, 0.29) is 11.9 Å². The van der Waals surface area contributed by atoms with E-state index in [4.69, 9.17) is 14.5 Å². The van der Waals surface area contributed by atoms with Crippen LogP contribution in [0.3, 0.4) is 0 Å². The predicted molar refractivity (Wildman–Crippen MR) is 119 cm³/mol. The van der Waals surface area contributed by atoms with Crippen molar-refractivity contribution in [3.05, 3.63) is 58.5 Å². The van der Waals surface area contributed by atoms with Gasteiger partial charge >= 0.3 is 0 Å². The lowest BCUT2D eigenvalue weighted by Crippen LogP contribution is -2.30. The molecule has 0 radical (unpaired) electrons. The molecule has 0 aliphatic carbocycles. The molecule has 2 aromatic rings. The lowest BCUT2D eigenvalue weighted by atomic mass is 10.1. The Hall–Kier alpha value is -2.73. The summed E-state index contributed by atoms with van der Waals surface area (Å²) in [7, 11) is 0. The minimum Gasteiger partial charge on any atom is -0.486 e. The first-order valence-corrected chi connectivity index (χ1v) is 10.7. The largest absolute Gasteiger partial charge is 0.486 e. The van der Waals surface area contributed by atoms with Crippen molar-refractivity contribution in [3.8, 4) is 11.5 Å². The van der Waals surface area contributed by atoms with Gasteiger partial charge in [-0.15, -0.1) is 0 Å². The Morgan fingerprint density at radius 1 is 1.14 bits per heavy atom. The lowest BCUT2D eigenvalue weighted by molar-refractivity contribution is -0.113. The van der Waals surface area contributed by atoms with Gasteiger partial charge in [0.25, 0.3) is 5.91 Å². The van der Waals surface area contributed by atoms with Gasteiger partial charge in [0.1, 0.15) is 13.2 Å². The van der Waals surface area contributed by atoms with Crippen LogP contribution in [0.15, 0.2) is 52.4 Å². The summed E-state index contributed by atoms with van der Waals surface area (Å²) >= 11 is 1.42. The topological polar surface area (TPSA) is 51.1 Å². The molecule has 2 heterocycles. The van der Waals surface area contributed by atoms with Gasteiger partial charge in [-0.1, -0.05) is 31.2 Å². The van der Waals surface area contributed by atoms with Crippen LogP contribution in [0.5, 0.6) is 11.5 Å². The zero-order chi connectivity index (χ0) is 20.4. The minimum atomic E-state index is -0.0508. The normalized spacial score (nSPS) is 18.9. The number of benzene rings is 2. The number of fused-ring (bicyclic) bond motifs is 1. The summed E-state index contributed by atoms with van der Waals surface area (Å²) in [5, 5.41) is 0.717. The van der Waals surface area contributed by atoms with Gasteiger partial charge in [-0.2, -0.15) is 0 Å². The highest BCUT2D eigenvalue weighted by molar-refractivity contribution is 8.19. The first-order valence-electron chi connectivity index (χ1n) is 9.86. The zero-order valence-corrected chi connectivity index (χ0v) is 17.7.